The highest BCUT2D eigenvalue weighted by atomic mass is 31.1. The summed E-state index contributed by atoms with van der Waals surface area (Å²) >= 11 is 0. The highest BCUT2D eigenvalue weighted by molar-refractivity contribution is 7.48. The van der Waals surface area contributed by atoms with Crippen molar-refractivity contribution in [2.45, 2.75) is 56.6 Å². The van der Waals surface area contributed by atoms with E-state index in [2.05, 4.69) is 27.7 Å². The maximum atomic E-state index is 12.3. The van der Waals surface area contributed by atoms with Crippen LogP contribution in [0.1, 0.15) is 40.5 Å². The lowest BCUT2D eigenvalue weighted by Crippen LogP contribution is -2.48. The first-order chi connectivity index (χ1) is 6.78. The predicted molar refractivity (Wildman–Crippen MR) is 59.6 cm³/mol. The first kappa shape index (κ1) is 11.5. The lowest BCUT2D eigenvalue weighted by atomic mass is 9.92. The van der Waals surface area contributed by atoms with Gasteiger partial charge in [0.1, 0.15) is 0 Å². The Hall–Kier alpha value is 0.0200. The van der Waals surface area contributed by atoms with Gasteiger partial charge in [0.25, 0.3) is 0 Å². The molecule has 2 aliphatic heterocycles. The zero-order valence-electron chi connectivity index (χ0n) is 10.0. The van der Waals surface area contributed by atoms with Crippen LogP contribution in [0, 0.1) is 0 Å². The second-order valence-electron chi connectivity index (χ2n) is 5.88. The van der Waals surface area contributed by atoms with E-state index in [4.69, 9.17) is 9.47 Å². The van der Waals surface area contributed by atoms with Crippen LogP contribution in [0.4, 0.5) is 0 Å². The van der Waals surface area contributed by atoms with Crippen molar-refractivity contribution >= 4 is 7.80 Å². The first-order valence-corrected chi connectivity index (χ1v) is 6.79. The molecule has 4 heteroatoms. The van der Waals surface area contributed by atoms with Crippen LogP contribution in [0.5, 0.6) is 0 Å². The maximum absolute atomic E-state index is 12.3. The maximum Gasteiger partial charge on any atom is 0.350 e. The van der Waals surface area contributed by atoms with E-state index >= 15 is 0 Å². The lowest BCUT2D eigenvalue weighted by Gasteiger charge is -2.40. The van der Waals surface area contributed by atoms with Gasteiger partial charge in [0.2, 0.25) is 0 Å². The van der Waals surface area contributed by atoms with Crippen LogP contribution in [-0.4, -0.2) is 29.3 Å². The molecule has 0 atom stereocenters. The number of hydrogen-bond acceptors (Lipinski definition) is 3. The minimum atomic E-state index is -1.23. The van der Waals surface area contributed by atoms with E-state index in [0.29, 0.717) is 13.2 Å². The minimum Gasteiger partial charge on any atom is -0.347 e. The Bertz CT molecular complexity index is 268. The van der Waals surface area contributed by atoms with E-state index < -0.39 is 13.6 Å². The Morgan fingerprint density at radius 3 is 1.73 bits per heavy atom. The van der Waals surface area contributed by atoms with Gasteiger partial charge in [-0.2, -0.15) is 0 Å². The standard InChI is InChI=1S/C11H20O3P/c1-9(2)7-11(13-5-6-14-11)8-10(3,4)15(9)12/h5-8H2,1-4H3/q+1. The fourth-order valence-electron chi connectivity index (χ4n) is 3.04. The molecule has 0 radical (unpaired) electrons. The number of ether oxygens (including phenoxy) is 2. The number of hydrogen-bond donors (Lipinski definition) is 0. The van der Waals surface area contributed by atoms with Crippen molar-refractivity contribution in [1.29, 1.82) is 0 Å². The van der Waals surface area contributed by atoms with Gasteiger partial charge < -0.3 is 9.47 Å². The van der Waals surface area contributed by atoms with Gasteiger partial charge in [-0.05, 0) is 27.7 Å². The van der Waals surface area contributed by atoms with Crippen LogP contribution in [0.15, 0.2) is 0 Å². The van der Waals surface area contributed by atoms with Crippen LogP contribution in [-0.2, 0) is 14.0 Å². The van der Waals surface area contributed by atoms with E-state index in [1.54, 1.807) is 0 Å². The van der Waals surface area contributed by atoms with Gasteiger partial charge in [0.15, 0.2) is 16.1 Å². The molecule has 0 aliphatic carbocycles. The fraction of sp³-hybridized carbons (Fsp3) is 1.00. The summed E-state index contributed by atoms with van der Waals surface area (Å²) in [6.45, 7) is 9.56. The molecule has 0 N–H and O–H groups in total. The van der Waals surface area contributed by atoms with Gasteiger partial charge in [0, 0.05) is 0 Å². The number of rotatable bonds is 0. The van der Waals surface area contributed by atoms with Gasteiger partial charge >= 0.3 is 7.80 Å². The molecule has 2 fully saturated rings. The average Bonchev–Trinajstić information content (AvgIpc) is 2.47. The molecule has 0 amide bonds. The van der Waals surface area contributed by atoms with E-state index in [-0.39, 0.29) is 10.3 Å². The highest BCUT2D eigenvalue weighted by Gasteiger charge is 2.64. The monoisotopic (exact) mass is 231 g/mol. The molecule has 0 aromatic rings. The second kappa shape index (κ2) is 3.26. The van der Waals surface area contributed by atoms with Crippen LogP contribution in [0.3, 0.4) is 0 Å². The summed E-state index contributed by atoms with van der Waals surface area (Å²) in [6, 6.07) is 0. The molecule has 0 bridgehead atoms. The average molecular weight is 231 g/mol. The van der Waals surface area contributed by atoms with Crippen LogP contribution in [0.25, 0.3) is 0 Å². The summed E-state index contributed by atoms with van der Waals surface area (Å²) in [5.41, 5.74) is 0. The normalized spacial score (nSPS) is 32.1. The summed E-state index contributed by atoms with van der Waals surface area (Å²) < 4.78 is 23.8. The molecule has 2 rings (SSSR count). The Labute approximate surface area is 92.3 Å². The molecule has 1 spiro atoms. The third kappa shape index (κ3) is 1.86. The van der Waals surface area contributed by atoms with Gasteiger partial charge in [0.05, 0.1) is 26.1 Å². The van der Waals surface area contributed by atoms with Crippen molar-refractivity contribution in [2.24, 2.45) is 0 Å². The predicted octanol–water partition coefficient (Wildman–Crippen LogP) is 2.91. The van der Waals surface area contributed by atoms with Crippen molar-refractivity contribution in [3.05, 3.63) is 0 Å². The van der Waals surface area contributed by atoms with Crippen LogP contribution >= 0.6 is 7.80 Å². The molecular formula is C11H20O3P+. The van der Waals surface area contributed by atoms with Crippen molar-refractivity contribution in [3.8, 4) is 0 Å². The summed E-state index contributed by atoms with van der Waals surface area (Å²) in [7, 11) is -1.23. The Morgan fingerprint density at radius 2 is 1.33 bits per heavy atom. The Balaban J connectivity index is 2.31. The third-order valence-corrected chi connectivity index (χ3v) is 5.83. The van der Waals surface area contributed by atoms with Gasteiger partial charge in [-0.3, -0.25) is 0 Å². The van der Waals surface area contributed by atoms with E-state index in [9.17, 15) is 4.57 Å². The second-order valence-corrected chi connectivity index (χ2v) is 8.89. The van der Waals surface area contributed by atoms with E-state index in [0.717, 1.165) is 12.8 Å². The molecule has 0 unspecified atom stereocenters. The molecule has 0 saturated carbocycles. The van der Waals surface area contributed by atoms with E-state index in [1.165, 1.54) is 0 Å². The van der Waals surface area contributed by atoms with E-state index in [1.807, 2.05) is 0 Å². The molecule has 15 heavy (non-hydrogen) atoms. The molecule has 2 saturated heterocycles. The first-order valence-electron chi connectivity index (χ1n) is 5.53. The van der Waals surface area contributed by atoms with Crippen molar-refractivity contribution in [1.82, 2.24) is 0 Å². The molecule has 2 heterocycles. The SMILES string of the molecule is CC1(C)CC2(CC(C)(C)[P+]1=O)OCCO2. The zero-order valence-corrected chi connectivity index (χ0v) is 10.9. The molecule has 86 valence electrons. The largest absolute Gasteiger partial charge is 0.350 e. The Kier molecular flexibility index (Phi) is 2.50. The van der Waals surface area contributed by atoms with Gasteiger partial charge in [-0.1, -0.05) is 4.57 Å². The van der Waals surface area contributed by atoms with Crippen LogP contribution < -0.4 is 0 Å². The molecular weight excluding hydrogens is 211 g/mol. The molecule has 2 aliphatic rings. The summed E-state index contributed by atoms with van der Waals surface area (Å²) in [5, 5.41) is -0.386. The molecule has 3 nitrogen and oxygen atoms in total. The zero-order chi connectivity index (χ0) is 11.3. The third-order valence-electron chi connectivity index (χ3n) is 3.32. The quantitative estimate of drug-likeness (QED) is 0.601. The molecule has 0 aromatic carbocycles. The smallest absolute Gasteiger partial charge is 0.347 e. The summed E-state index contributed by atoms with van der Waals surface area (Å²) in [4.78, 5) is 0. The Morgan fingerprint density at radius 1 is 0.933 bits per heavy atom. The van der Waals surface area contributed by atoms with Gasteiger partial charge in [-0.15, -0.1) is 0 Å². The van der Waals surface area contributed by atoms with Crippen molar-refractivity contribution < 1.29 is 14.0 Å². The minimum absolute atomic E-state index is 0.193. The van der Waals surface area contributed by atoms with Crippen LogP contribution in [0.2, 0.25) is 0 Å². The topological polar surface area (TPSA) is 35.5 Å². The summed E-state index contributed by atoms with van der Waals surface area (Å²) in [5.74, 6) is -0.462. The van der Waals surface area contributed by atoms with Crippen molar-refractivity contribution in [3.63, 3.8) is 0 Å². The summed E-state index contributed by atoms with van der Waals surface area (Å²) in [6.07, 6.45) is 1.50. The molecule has 0 aromatic heterocycles. The lowest BCUT2D eigenvalue weighted by molar-refractivity contribution is -0.179. The highest BCUT2D eigenvalue weighted by Crippen LogP contribution is 2.61. The van der Waals surface area contributed by atoms with Gasteiger partial charge in [-0.25, -0.2) is 0 Å². The van der Waals surface area contributed by atoms with Crippen molar-refractivity contribution in [2.75, 3.05) is 13.2 Å². The fourth-order valence-corrected chi connectivity index (χ4v) is 5.45.